The maximum Gasteiger partial charge on any atom is 0.238 e. The molecule has 1 aromatic rings. The lowest BCUT2D eigenvalue weighted by molar-refractivity contribution is 0.558. The van der Waals surface area contributed by atoms with Gasteiger partial charge in [-0.25, -0.2) is 27.1 Å². The van der Waals surface area contributed by atoms with Crippen LogP contribution in [0.1, 0.15) is 19.4 Å². The number of sulfonamides is 1. The topological polar surface area (TPSA) is 62.1 Å². The molecular weight excluding hydrogens is 293 g/mol. The predicted molar refractivity (Wildman–Crippen MR) is 84.3 cm³/mol. The summed E-state index contributed by atoms with van der Waals surface area (Å²) in [6.07, 6.45) is 1.05. The van der Waals surface area contributed by atoms with Crippen LogP contribution in [-0.2, 0) is 10.0 Å². The molecule has 0 aliphatic rings. The molecule has 0 fully saturated rings. The summed E-state index contributed by atoms with van der Waals surface area (Å²) in [5, 5.41) is 0. The van der Waals surface area contributed by atoms with Gasteiger partial charge in [0.05, 0.1) is 12.0 Å². The average molecular weight is 311 g/mol. The molecule has 0 atom stereocenters. The van der Waals surface area contributed by atoms with Crippen LogP contribution in [0.25, 0.3) is 5.70 Å². The normalized spacial score (nSPS) is 12.0. The first-order valence-electron chi connectivity index (χ1n) is 6.09. The molecule has 0 spiro atoms. The molecule has 0 amide bonds. The summed E-state index contributed by atoms with van der Waals surface area (Å²) in [7, 11) is -2.14. The number of halogens is 1. The lowest BCUT2D eigenvalue weighted by Gasteiger charge is -2.16. The quantitative estimate of drug-likeness (QED) is 0.636. The third-order valence-electron chi connectivity index (χ3n) is 2.72. The molecule has 114 valence electrons. The number of hydrogen-bond donors (Lipinski definition) is 0. The Kier molecular flexibility index (Phi) is 5.37. The van der Waals surface area contributed by atoms with E-state index in [1.165, 1.54) is 19.2 Å². The molecule has 0 N–H and O–H groups in total. The molecule has 1 aromatic carbocycles. The van der Waals surface area contributed by atoms with Crippen molar-refractivity contribution in [3.63, 3.8) is 0 Å². The van der Waals surface area contributed by atoms with Crippen LogP contribution in [0, 0.1) is 5.82 Å². The zero-order valence-corrected chi connectivity index (χ0v) is 13.3. The minimum atomic E-state index is -3.49. The highest BCUT2D eigenvalue weighted by Crippen LogP contribution is 2.21. The van der Waals surface area contributed by atoms with E-state index in [4.69, 9.17) is 0 Å². The Hall–Kier alpha value is -2.02. The number of hydrogen-bond acceptors (Lipinski definition) is 3. The number of allylic oxidation sites excluding steroid dienone is 1. The van der Waals surface area contributed by atoms with Gasteiger partial charge in [-0.3, -0.25) is 0 Å². The van der Waals surface area contributed by atoms with Crippen molar-refractivity contribution in [1.82, 2.24) is 4.31 Å². The molecule has 0 aliphatic carbocycles. The highest BCUT2D eigenvalue weighted by atomic mass is 32.2. The maximum atomic E-state index is 13.0. The summed E-state index contributed by atoms with van der Waals surface area (Å²) in [4.78, 5) is 7.91. The molecule has 7 heteroatoms. The van der Waals surface area contributed by atoms with Crippen LogP contribution in [0.2, 0.25) is 0 Å². The van der Waals surface area contributed by atoms with E-state index in [1.807, 2.05) is 13.8 Å². The molecule has 1 rings (SSSR count). The minimum absolute atomic E-state index is 0.0435. The van der Waals surface area contributed by atoms with Crippen LogP contribution >= 0.6 is 0 Å². The van der Waals surface area contributed by atoms with E-state index in [-0.39, 0.29) is 11.8 Å². The second-order valence-corrected chi connectivity index (χ2v) is 6.67. The highest BCUT2D eigenvalue weighted by molar-refractivity contribution is 7.88. The largest absolute Gasteiger partial charge is 0.241 e. The van der Waals surface area contributed by atoms with Gasteiger partial charge in [0, 0.05) is 12.6 Å². The monoisotopic (exact) mass is 311 g/mol. The molecule has 0 heterocycles. The Morgan fingerprint density at radius 2 is 1.76 bits per heavy atom. The minimum Gasteiger partial charge on any atom is -0.241 e. The van der Waals surface area contributed by atoms with E-state index >= 15 is 0 Å². The Balaban J connectivity index is 3.37. The van der Waals surface area contributed by atoms with E-state index in [1.54, 1.807) is 12.1 Å². The lowest BCUT2D eigenvalue weighted by Crippen LogP contribution is -2.31. The van der Waals surface area contributed by atoms with Crippen molar-refractivity contribution in [3.05, 3.63) is 41.2 Å². The smallest absolute Gasteiger partial charge is 0.238 e. The van der Waals surface area contributed by atoms with Gasteiger partial charge in [-0.05, 0) is 50.4 Å². The van der Waals surface area contributed by atoms with Crippen molar-refractivity contribution in [2.45, 2.75) is 13.8 Å². The molecule has 0 unspecified atom stereocenters. The van der Waals surface area contributed by atoms with Crippen LogP contribution in [0.4, 0.5) is 4.39 Å². The zero-order valence-electron chi connectivity index (χ0n) is 12.5. The van der Waals surface area contributed by atoms with Gasteiger partial charge >= 0.3 is 0 Å². The number of nitrogens with zero attached hydrogens (tertiary/aromatic N) is 3. The van der Waals surface area contributed by atoms with Crippen LogP contribution in [0.3, 0.4) is 0 Å². The van der Waals surface area contributed by atoms with Gasteiger partial charge in [-0.2, -0.15) is 0 Å². The van der Waals surface area contributed by atoms with Gasteiger partial charge in [0.2, 0.25) is 16.0 Å². The first-order valence-corrected chi connectivity index (χ1v) is 7.94. The van der Waals surface area contributed by atoms with E-state index in [9.17, 15) is 12.8 Å². The van der Waals surface area contributed by atoms with Gasteiger partial charge in [0.25, 0.3) is 0 Å². The summed E-state index contributed by atoms with van der Waals surface area (Å²) in [5.74, 6) is -0.399. The standard InChI is InChI=1S/C14H18FN3O2S/c1-10(2)13(11-6-8-12(15)9-7-11)17-14(16-3)18(4)21(5,19)20/h6-9H,3H2,1-2,4-5H3. The number of guanidine groups is 1. The molecule has 0 aromatic heterocycles. The third-order valence-corrected chi connectivity index (χ3v) is 3.88. The molecule has 0 aliphatic heterocycles. The van der Waals surface area contributed by atoms with Gasteiger partial charge in [0.15, 0.2) is 0 Å². The predicted octanol–water partition coefficient (Wildman–Crippen LogP) is 2.52. The van der Waals surface area contributed by atoms with Gasteiger partial charge in [0.1, 0.15) is 5.82 Å². The lowest BCUT2D eigenvalue weighted by atomic mass is 10.1. The molecular formula is C14H18FN3O2S. The Labute approximate surface area is 124 Å². The summed E-state index contributed by atoms with van der Waals surface area (Å²) in [5.41, 5.74) is 2.03. The number of rotatable bonds is 3. The van der Waals surface area contributed by atoms with Gasteiger partial charge in [-0.15, -0.1) is 0 Å². The SMILES string of the molecule is C=NC(=NC(=C(C)C)c1ccc(F)cc1)N(C)S(C)(=O)=O. The summed E-state index contributed by atoms with van der Waals surface area (Å²) < 4.78 is 37.0. The Morgan fingerprint density at radius 1 is 1.24 bits per heavy atom. The molecule has 0 radical (unpaired) electrons. The fraction of sp³-hybridized carbons (Fsp3) is 0.286. The van der Waals surface area contributed by atoms with E-state index in [0.29, 0.717) is 11.3 Å². The molecule has 5 nitrogen and oxygen atoms in total. The molecule has 0 bridgehead atoms. The fourth-order valence-corrected chi connectivity index (χ4v) is 1.92. The fourth-order valence-electron chi connectivity index (χ4n) is 1.53. The maximum absolute atomic E-state index is 13.0. The zero-order chi connectivity index (χ0) is 16.2. The van der Waals surface area contributed by atoms with E-state index in [2.05, 4.69) is 16.7 Å². The number of aliphatic imine (C=N–C) groups is 2. The Morgan fingerprint density at radius 3 is 2.14 bits per heavy atom. The average Bonchev–Trinajstić information content (AvgIpc) is 2.39. The van der Waals surface area contributed by atoms with Crippen molar-refractivity contribution < 1.29 is 12.8 Å². The summed E-state index contributed by atoms with van der Waals surface area (Å²) >= 11 is 0. The first-order chi connectivity index (χ1) is 9.66. The first kappa shape index (κ1) is 17.0. The molecule has 0 saturated carbocycles. The van der Waals surface area contributed by atoms with Gasteiger partial charge < -0.3 is 0 Å². The highest BCUT2D eigenvalue weighted by Gasteiger charge is 2.16. The molecule has 0 saturated heterocycles. The Bertz CT molecular complexity index is 687. The van der Waals surface area contributed by atoms with Crippen molar-refractivity contribution >= 4 is 28.4 Å². The van der Waals surface area contributed by atoms with Crippen LogP contribution in [0.5, 0.6) is 0 Å². The van der Waals surface area contributed by atoms with Crippen molar-refractivity contribution in [1.29, 1.82) is 0 Å². The van der Waals surface area contributed by atoms with Crippen molar-refractivity contribution in [2.24, 2.45) is 9.98 Å². The van der Waals surface area contributed by atoms with Crippen LogP contribution in [0.15, 0.2) is 39.8 Å². The summed E-state index contributed by atoms with van der Waals surface area (Å²) in [6, 6.07) is 5.77. The van der Waals surface area contributed by atoms with Crippen LogP contribution < -0.4 is 0 Å². The van der Waals surface area contributed by atoms with E-state index < -0.39 is 10.0 Å². The second kappa shape index (κ2) is 6.62. The van der Waals surface area contributed by atoms with Crippen molar-refractivity contribution in [3.8, 4) is 0 Å². The third kappa shape index (κ3) is 4.49. The number of benzene rings is 1. The summed E-state index contributed by atoms with van der Waals surface area (Å²) in [6.45, 7) is 6.99. The van der Waals surface area contributed by atoms with Crippen LogP contribution in [-0.4, -0.2) is 38.7 Å². The van der Waals surface area contributed by atoms with E-state index in [0.717, 1.165) is 16.1 Å². The van der Waals surface area contributed by atoms with Gasteiger partial charge in [-0.1, -0.05) is 0 Å². The molecule has 21 heavy (non-hydrogen) atoms. The van der Waals surface area contributed by atoms with Crippen molar-refractivity contribution in [2.75, 3.05) is 13.3 Å². The second-order valence-electron chi connectivity index (χ2n) is 4.66.